The first kappa shape index (κ1) is 17.5. The molecule has 0 aliphatic carbocycles. The molecule has 0 radical (unpaired) electrons. The van der Waals surface area contributed by atoms with Crippen LogP contribution in [0.15, 0.2) is 71.5 Å². The quantitative estimate of drug-likeness (QED) is 0.477. The Morgan fingerprint density at radius 3 is 2.57 bits per heavy atom. The van der Waals surface area contributed by atoms with Crippen molar-refractivity contribution in [3.05, 3.63) is 94.2 Å². The number of carbonyl (C=O) groups is 1. The number of para-hydroxylation sites is 2. The van der Waals surface area contributed by atoms with E-state index >= 15 is 0 Å². The second-order valence-electron chi connectivity index (χ2n) is 6.42. The lowest BCUT2D eigenvalue weighted by atomic mass is 10.1. The van der Waals surface area contributed by atoms with Gasteiger partial charge in [0.2, 0.25) is 0 Å². The molecule has 7 heteroatoms. The number of nitrogens with one attached hydrogen (secondary N) is 2. The Balaban J connectivity index is 1.54. The molecule has 0 unspecified atom stereocenters. The summed E-state index contributed by atoms with van der Waals surface area (Å²) in [6, 6.07) is 18.1. The number of carbonyl (C=O) groups excluding carboxylic acids is 1. The smallest absolute Gasteiger partial charge is 0.326 e. The molecule has 0 bridgehead atoms. The van der Waals surface area contributed by atoms with Crippen LogP contribution in [0.5, 0.6) is 0 Å². The van der Waals surface area contributed by atoms with Gasteiger partial charge in [-0.25, -0.2) is 9.18 Å². The highest BCUT2D eigenvalue weighted by Crippen LogP contribution is 2.18. The van der Waals surface area contributed by atoms with Crippen molar-refractivity contribution in [2.24, 2.45) is 0 Å². The Morgan fingerprint density at radius 2 is 1.82 bits per heavy atom. The molecule has 6 nitrogen and oxygen atoms in total. The molecule has 0 saturated heterocycles. The van der Waals surface area contributed by atoms with Gasteiger partial charge in [-0.05, 0) is 48.0 Å². The van der Waals surface area contributed by atoms with Crippen LogP contribution in [0.3, 0.4) is 0 Å². The molecule has 1 aromatic heterocycles. The van der Waals surface area contributed by atoms with Crippen LogP contribution in [-0.2, 0) is 6.54 Å². The number of nitrogen functional groups attached to an aromatic ring is 1. The predicted octanol–water partition coefficient (Wildman–Crippen LogP) is 3.35. The van der Waals surface area contributed by atoms with E-state index in [0.29, 0.717) is 34.5 Å². The van der Waals surface area contributed by atoms with Gasteiger partial charge >= 0.3 is 5.69 Å². The second-order valence-corrected chi connectivity index (χ2v) is 6.42. The van der Waals surface area contributed by atoms with E-state index in [1.165, 1.54) is 16.7 Å². The average molecular weight is 376 g/mol. The molecule has 1 heterocycles. The molecule has 1 amide bonds. The molecule has 0 atom stereocenters. The maximum absolute atomic E-state index is 13.3. The number of imidazole rings is 1. The number of halogens is 1. The fourth-order valence-corrected chi connectivity index (χ4v) is 3.04. The Bertz CT molecular complexity index is 1230. The zero-order valence-electron chi connectivity index (χ0n) is 14.8. The molecule has 4 aromatic rings. The molecule has 4 N–H and O–H groups in total. The SMILES string of the molecule is Nc1ccccc1NC(=O)c1ccc(Cn2c(=O)[nH]c3cc(F)ccc32)cc1. The number of benzene rings is 3. The lowest BCUT2D eigenvalue weighted by Gasteiger charge is -2.09. The Hall–Kier alpha value is -3.87. The molecule has 0 aliphatic heterocycles. The zero-order chi connectivity index (χ0) is 19.7. The fourth-order valence-electron chi connectivity index (χ4n) is 3.04. The Labute approximate surface area is 159 Å². The summed E-state index contributed by atoms with van der Waals surface area (Å²) in [7, 11) is 0. The predicted molar refractivity (Wildman–Crippen MR) is 107 cm³/mol. The number of fused-ring (bicyclic) bond motifs is 1. The molecule has 0 saturated carbocycles. The maximum atomic E-state index is 13.3. The highest BCUT2D eigenvalue weighted by atomic mass is 19.1. The summed E-state index contributed by atoms with van der Waals surface area (Å²) in [6.45, 7) is 0.304. The van der Waals surface area contributed by atoms with Crippen molar-refractivity contribution in [3.8, 4) is 0 Å². The van der Waals surface area contributed by atoms with Gasteiger partial charge in [0.1, 0.15) is 5.82 Å². The van der Waals surface area contributed by atoms with Crippen molar-refractivity contribution >= 4 is 28.3 Å². The van der Waals surface area contributed by atoms with E-state index in [4.69, 9.17) is 5.73 Å². The van der Waals surface area contributed by atoms with Gasteiger partial charge in [-0.3, -0.25) is 9.36 Å². The van der Waals surface area contributed by atoms with Crippen LogP contribution in [0.25, 0.3) is 11.0 Å². The first-order chi connectivity index (χ1) is 13.5. The fraction of sp³-hybridized carbons (Fsp3) is 0.0476. The van der Waals surface area contributed by atoms with Gasteiger partial charge in [0.15, 0.2) is 0 Å². The number of hydrogen-bond donors (Lipinski definition) is 3. The van der Waals surface area contributed by atoms with Crippen LogP contribution in [0, 0.1) is 5.82 Å². The molecule has 0 aliphatic rings. The summed E-state index contributed by atoms with van der Waals surface area (Å²) >= 11 is 0. The molecule has 0 spiro atoms. The van der Waals surface area contributed by atoms with Crippen molar-refractivity contribution in [2.45, 2.75) is 6.54 Å². The van der Waals surface area contributed by atoms with Gasteiger partial charge in [-0.15, -0.1) is 0 Å². The van der Waals surface area contributed by atoms with Crippen LogP contribution in [-0.4, -0.2) is 15.5 Å². The van der Waals surface area contributed by atoms with Crippen molar-refractivity contribution in [3.63, 3.8) is 0 Å². The van der Waals surface area contributed by atoms with Crippen molar-refractivity contribution in [2.75, 3.05) is 11.1 Å². The third-order valence-electron chi connectivity index (χ3n) is 4.50. The average Bonchev–Trinajstić information content (AvgIpc) is 2.98. The summed E-state index contributed by atoms with van der Waals surface area (Å²) in [6.07, 6.45) is 0. The van der Waals surface area contributed by atoms with E-state index < -0.39 is 5.82 Å². The molecule has 4 rings (SSSR count). The maximum Gasteiger partial charge on any atom is 0.326 e. The number of hydrogen-bond acceptors (Lipinski definition) is 3. The Morgan fingerprint density at radius 1 is 1.07 bits per heavy atom. The third kappa shape index (κ3) is 3.37. The number of nitrogens with zero attached hydrogens (tertiary/aromatic N) is 1. The van der Waals surface area contributed by atoms with E-state index in [1.54, 1.807) is 54.6 Å². The van der Waals surface area contributed by atoms with E-state index in [-0.39, 0.29) is 11.6 Å². The van der Waals surface area contributed by atoms with Gasteiger partial charge < -0.3 is 16.0 Å². The van der Waals surface area contributed by atoms with Gasteiger partial charge in [-0.2, -0.15) is 0 Å². The van der Waals surface area contributed by atoms with Crippen LogP contribution in [0.4, 0.5) is 15.8 Å². The van der Waals surface area contributed by atoms with E-state index in [2.05, 4.69) is 10.3 Å². The van der Waals surface area contributed by atoms with E-state index in [0.717, 1.165) is 5.56 Å². The first-order valence-electron chi connectivity index (χ1n) is 8.64. The zero-order valence-corrected chi connectivity index (χ0v) is 14.8. The van der Waals surface area contributed by atoms with Crippen LogP contribution >= 0.6 is 0 Å². The van der Waals surface area contributed by atoms with E-state index in [1.807, 2.05) is 0 Å². The lowest BCUT2D eigenvalue weighted by molar-refractivity contribution is 0.102. The van der Waals surface area contributed by atoms with Gasteiger partial charge in [0.25, 0.3) is 5.91 Å². The summed E-state index contributed by atoms with van der Waals surface area (Å²) in [5, 5.41) is 2.77. The van der Waals surface area contributed by atoms with Crippen molar-refractivity contribution in [1.29, 1.82) is 0 Å². The first-order valence-corrected chi connectivity index (χ1v) is 8.64. The minimum absolute atomic E-state index is 0.274. The van der Waals surface area contributed by atoms with Crippen LogP contribution < -0.4 is 16.7 Å². The number of rotatable bonds is 4. The molecule has 0 fully saturated rings. The summed E-state index contributed by atoms with van der Waals surface area (Å²) < 4.78 is 14.9. The normalized spacial score (nSPS) is 10.9. The molecule has 3 aromatic carbocycles. The summed E-state index contributed by atoms with van der Waals surface area (Å²) in [5.41, 5.74) is 8.94. The van der Waals surface area contributed by atoms with Crippen LogP contribution in [0.2, 0.25) is 0 Å². The summed E-state index contributed by atoms with van der Waals surface area (Å²) in [5.74, 6) is -0.681. The van der Waals surface area contributed by atoms with Gasteiger partial charge in [-0.1, -0.05) is 24.3 Å². The number of aromatic nitrogens is 2. The third-order valence-corrected chi connectivity index (χ3v) is 4.50. The molecule has 28 heavy (non-hydrogen) atoms. The highest BCUT2D eigenvalue weighted by Gasteiger charge is 2.10. The largest absolute Gasteiger partial charge is 0.397 e. The lowest BCUT2D eigenvalue weighted by Crippen LogP contribution is -2.17. The number of aromatic amines is 1. The highest BCUT2D eigenvalue weighted by molar-refractivity contribution is 6.05. The number of amides is 1. The van der Waals surface area contributed by atoms with E-state index in [9.17, 15) is 14.0 Å². The minimum atomic E-state index is -0.407. The van der Waals surface area contributed by atoms with Crippen LogP contribution in [0.1, 0.15) is 15.9 Å². The van der Waals surface area contributed by atoms with Crippen molar-refractivity contribution in [1.82, 2.24) is 9.55 Å². The van der Waals surface area contributed by atoms with Gasteiger partial charge in [0, 0.05) is 5.56 Å². The minimum Gasteiger partial charge on any atom is -0.397 e. The number of nitrogens with two attached hydrogens (primary N) is 1. The standard InChI is InChI=1S/C21H17FN4O2/c22-15-9-10-19-18(11-15)25-21(28)26(19)12-13-5-7-14(8-6-13)20(27)24-17-4-2-1-3-16(17)23/h1-11H,12,23H2,(H,24,27)(H,25,28). The van der Waals surface area contributed by atoms with Gasteiger partial charge in [0.05, 0.1) is 29.0 Å². The number of anilines is 2. The summed E-state index contributed by atoms with van der Waals surface area (Å²) in [4.78, 5) is 27.2. The molecular weight excluding hydrogens is 359 g/mol. The molecular formula is C21H17FN4O2. The number of H-pyrrole nitrogens is 1. The topological polar surface area (TPSA) is 92.9 Å². The monoisotopic (exact) mass is 376 g/mol. The second kappa shape index (κ2) is 7.03. The molecule has 140 valence electrons. The van der Waals surface area contributed by atoms with Crippen molar-refractivity contribution < 1.29 is 9.18 Å². The Kier molecular flexibility index (Phi) is 4.41.